The Labute approximate surface area is 121 Å². The van der Waals surface area contributed by atoms with E-state index in [1.54, 1.807) is 20.8 Å². The lowest BCUT2D eigenvalue weighted by Crippen LogP contribution is -2.27. The van der Waals surface area contributed by atoms with Crippen LogP contribution in [-0.4, -0.2) is 23.9 Å². The van der Waals surface area contributed by atoms with E-state index in [1.165, 1.54) is 18.3 Å². The molecule has 0 saturated carbocycles. The number of hydrazone groups is 1. The number of carbonyl (C=O) groups excluding carboxylic acids is 2. The second-order valence-corrected chi connectivity index (χ2v) is 5.10. The maximum Gasteiger partial charge on any atom is 0.412 e. The second-order valence-electron chi connectivity index (χ2n) is 5.10. The van der Waals surface area contributed by atoms with Gasteiger partial charge in [0, 0.05) is 0 Å². The summed E-state index contributed by atoms with van der Waals surface area (Å²) in [7, 11) is 0. The molecule has 0 spiro atoms. The zero-order valence-electron chi connectivity index (χ0n) is 11.9. The number of anilines is 1. The van der Waals surface area contributed by atoms with Gasteiger partial charge in [-0.05, 0) is 38.5 Å². The zero-order valence-corrected chi connectivity index (χ0v) is 11.9. The first kappa shape index (κ1) is 16.4. The van der Waals surface area contributed by atoms with E-state index in [2.05, 4.69) is 10.4 Å². The SMILES string of the molecule is CC(C)(C)OC(=O)Nc1ccc(C=NNC(N)=O)cc1F. The molecule has 1 aromatic rings. The molecule has 0 atom stereocenters. The van der Waals surface area contributed by atoms with Crippen LogP contribution in [-0.2, 0) is 4.74 Å². The molecule has 0 unspecified atom stereocenters. The highest BCUT2D eigenvalue weighted by Gasteiger charge is 2.17. The predicted octanol–water partition coefficient (Wildman–Crippen LogP) is 2.17. The smallest absolute Gasteiger partial charge is 0.412 e. The summed E-state index contributed by atoms with van der Waals surface area (Å²) in [4.78, 5) is 21.9. The van der Waals surface area contributed by atoms with Crippen molar-refractivity contribution < 1.29 is 18.7 Å². The molecule has 0 aromatic heterocycles. The third-order valence-corrected chi connectivity index (χ3v) is 2.02. The second kappa shape index (κ2) is 6.69. The number of amides is 3. The number of hydrogen-bond donors (Lipinski definition) is 3. The van der Waals surface area contributed by atoms with Crippen LogP contribution in [0.15, 0.2) is 23.3 Å². The Hall–Kier alpha value is -2.64. The van der Waals surface area contributed by atoms with Gasteiger partial charge < -0.3 is 10.5 Å². The molecule has 21 heavy (non-hydrogen) atoms. The number of primary amides is 1. The molecule has 0 fully saturated rings. The average Bonchev–Trinajstić information content (AvgIpc) is 2.29. The molecule has 1 rings (SSSR count). The van der Waals surface area contributed by atoms with Crippen molar-refractivity contribution in [2.24, 2.45) is 10.8 Å². The van der Waals surface area contributed by atoms with Gasteiger partial charge in [-0.1, -0.05) is 6.07 Å². The van der Waals surface area contributed by atoms with Gasteiger partial charge in [-0.15, -0.1) is 0 Å². The number of nitrogens with zero attached hydrogens (tertiary/aromatic N) is 1. The van der Waals surface area contributed by atoms with Crippen LogP contribution in [0, 0.1) is 5.82 Å². The standard InChI is InChI=1S/C13H17FN4O3/c1-13(2,3)21-12(20)17-10-5-4-8(6-9(10)14)7-16-18-11(15)19/h4-7H,1-3H3,(H,17,20)(H3,15,18,19). The molecule has 114 valence electrons. The molecule has 1 aromatic carbocycles. The van der Waals surface area contributed by atoms with E-state index in [0.717, 1.165) is 6.07 Å². The topological polar surface area (TPSA) is 106 Å². The van der Waals surface area contributed by atoms with Crippen LogP contribution in [0.25, 0.3) is 0 Å². The molecular formula is C13H17FN4O3. The summed E-state index contributed by atoms with van der Waals surface area (Å²) in [5.41, 5.74) is 6.49. The molecule has 0 aliphatic carbocycles. The fourth-order valence-electron chi connectivity index (χ4n) is 1.30. The third kappa shape index (κ3) is 6.37. The number of carbonyl (C=O) groups is 2. The Kier molecular flexibility index (Phi) is 5.23. The van der Waals surface area contributed by atoms with Gasteiger partial charge in [0.15, 0.2) is 0 Å². The van der Waals surface area contributed by atoms with Crippen molar-refractivity contribution >= 4 is 24.0 Å². The van der Waals surface area contributed by atoms with Gasteiger partial charge in [0.2, 0.25) is 0 Å². The molecular weight excluding hydrogens is 279 g/mol. The molecule has 0 heterocycles. The minimum Gasteiger partial charge on any atom is -0.444 e. The highest BCUT2D eigenvalue weighted by molar-refractivity contribution is 5.87. The zero-order chi connectivity index (χ0) is 16.0. The molecule has 0 saturated heterocycles. The van der Waals surface area contributed by atoms with Crippen LogP contribution in [0.2, 0.25) is 0 Å². The summed E-state index contributed by atoms with van der Waals surface area (Å²) in [6, 6.07) is 3.17. The van der Waals surface area contributed by atoms with Gasteiger partial charge >= 0.3 is 12.1 Å². The summed E-state index contributed by atoms with van der Waals surface area (Å²) in [5, 5.41) is 5.79. The quantitative estimate of drug-likeness (QED) is 0.588. The van der Waals surface area contributed by atoms with Crippen molar-refractivity contribution in [3.05, 3.63) is 29.6 Å². The number of nitrogens with two attached hydrogens (primary N) is 1. The van der Waals surface area contributed by atoms with Crippen molar-refractivity contribution in [3.8, 4) is 0 Å². The van der Waals surface area contributed by atoms with Crippen molar-refractivity contribution in [1.82, 2.24) is 5.43 Å². The van der Waals surface area contributed by atoms with Gasteiger partial charge in [-0.25, -0.2) is 19.4 Å². The lowest BCUT2D eigenvalue weighted by Gasteiger charge is -2.19. The maximum absolute atomic E-state index is 13.8. The van der Waals surface area contributed by atoms with E-state index >= 15 is 0 Å². The van der Waals surface area contributed by atoms with E-state index in [1.807, 2.05) is 5.43 Å². The van der Waals surface area contributed by atoms with E-state index in [-0.39, 0.29) is 5.69 Å². The normalized spacial score (nSPS) is 11.2. The summed E-state index contributed by atoms with van der Waals surface area (Å²) in [5.74, 6) is -0.663. The van der Waals surface area contributed by atoms with Crippen LogP contribution in [0.5, 0.6) is 0 Å². The van der Waals surface area contributed by atoms with Crippen LogP contribution >= 0.6 is 0 Å². The molecule has 7 nitrogen and oxygen atoms in total. The van der Waals surface area contributed by atoms with Crippen molar-refractivity contribution in [3.63, 3.8) is 0 Å². The first-order valence-corrected chi connectivity index (χ1v) is 6.05. The number of urea groups is 1. The number of rotatable bonds is 3. The summed E-state index contributed by atoms with van der Waals surface area (Å²) in [6.45, 7) is 5.11. The first-order chi connectivity index (χ1) is 9.67. The minimum atomic E-state index is -0.824. The highest BCUT2D eigenvalue weighted by Crippen LogP contribution is 2.16. The molecule has 0 radical (unpaired) electrons. The number of nitrogens with one attached hydrogen (secondary N) is 2. The fourth-order valence-corrected chi connectivity index (χ4v) is 1.30. The van der Waals surface area contributed by atoms with Gasteiger partial charge in [0.1, 0.15) is 11.4 Å². The fraction of sp³-hybridized carbons (Fsp3) is 0.308. The Bertz CT molecular complexity index is 567. The molecule has 4 N–H and O–H groups in total. The van der Waals surface area contributed by atoms with Gasteiger partial charge in [0.25, 0.3) is 0 Å². The third-order valence-electron chi connectivity index (χ3n) is 2.02. The van der Waals surface area contributed by atoms with Crippen molar-refractivity contribution in [2.75, 3.05) is 5.32 Å². The lowest BCUT2D eigenvalue weighted by molar-refractivity contribution is 0.0635. The summed E-state index contributed by atoms with van der Waals surface area (Å²) < 4.78 is 18.8. The molecule has 3 amide bonds. The lowest BCUT2D eigenvalue weighted by atomic mass is 10.2. The van der Waals surface area contributed by atoms with Crippen LogP contribution < -0.4 is 16.5 Å². The van der Waals surface area contributed by atoms with Crippen LogP contribution in [0.1, 0.15) is 26.3 Å². The Morgan fingerprint density at radius 2 is 2.05 bits per heavy atom. The Balaban J connectivity index is 2.72. The van der Waals surface area contributed by atoms with Crippen molar-refractivity contribution in [2.45, 2.75) is 26.4 Å². The Morgan fingerprint density at radius 3 is 2.57 bits per heavy atom. The Morgan fingerprint density at radius 1 is 1.38 bits per heavy atom. The van der Waals surface area contributed by atoms with E-state index < -0.39 is 23.5 Å². The van der Waals surface area contributed by atoms with E-state index in [0.29, 0.717) is 5.56 Å². The molecule has 0 aliphatic rings. The van der Waals surface area contributed by atoms with E-state index in [9.17, 15) is 14.0 Å². The summed E-state index contributed by atoms with van der Waals surface area (Å²) in [6.07, 6.45) is 0.462. The maximum atomic E-state index is 13.8. The van der Waals surface area contributed by atoms with Crippen LogP contribution in [0.4, 0.5) is 19.7 Å². The van der Waals surface area contributed by atoms with Gasteiger partial charge in [-0.2, -0.15) is 5.10 Å². The molecule has 8 heteroatoms. The first-order valence-electron chi connectivity index (χ1n) is 6.05. The number of halogens is 1. The summed E-state index contributed by atoms with van der Waals surface area (Å²) >= 11 is 0. The van der Waals surface area contributed by atoms with Crippen LogP contribution in [0.3, 0.4) is 0 Å². The highest BCUT2D eigenvalue weighted by atomic mass is 19.1. The van der Waals surface area contributed by atoms with Gasteiger partial charge in [0.05, 0.1) is 11.9 Å². The molecule has 0 aliphatic heterocycles. The monoisotopic (exact) mass is 296 g/mol. The molecule has 0 bridgehead atoms. The number of benzene rings is 1. The number of ether oxygens (including phenoxy) is 1. The minimum absolute atomic E-state index is 0.0238. The average molecular weight is 296 g/mol. The van der Waals surface area contributed by atoms with E-state index in [4.69, 9.17) is 10.5 Å². The van der Waals surface area contributed by atoms with Gasteiger partial charge in [-0.3, -0.25) is 5.32 Å². The van der Waals surface area contributed by atoms with Crippen molar-refractivity contribution in [1.29, 1.82) is 0 Å². The predicted molar refractivity (Wildman–Crippen MR) is 76.6 cm³/mol. The largest absolute Gasteiger partial charge is 0.444 e. The number of hydrogen-bond acceptors (Lipinski definition) is 4.